The van der Waals surface area contributed by atoms with Crippen molar-refractivity contribution in [2.75, 3.05) is 70.5 Å². The lowest BCUT2D eigenvalue weighted by atomic mass is 10.1. The van der Waals surface area contributed by atoms with Crippen LogP contribution in [0.25, 0.3) is 11.1 Å². The average molecular weight is 862 g/mol. The number of piperazine rings is 2. The highest BCUT2D eigenvalue weighted by Gasteiger charge is 2.26. The van der Waals surface area contributed by atoms with Gasteiger partial charge in [-0.2, -0.15) is 0 Å². The summed E-state index contributed by atoms with van der Waals surface area (Å²) in [6.07, 6.45) is 2.57. The number of halogens is 1. The molecule has 0 radical (unpaired) electrons. The Bertz CT molecular complexity index is 1580. The molecule has 2 amide bonds. The summed E-state index contributed by atoms with van der Waals surface area (Å²) in [6.45, 7) is 25.4. The number of amides is 2. The number of nitrogens with zero attached hydrogens (tertiary/aromatic N) is 3. The molecule has 12 nitrogen and oxygen atoms in total. The van der Waals surface area contributed by atoms with Gasteiger partial charge >= 0.3 is 24.1 Å². The first kappa shape index (κ1) is 52.6. The van der Waals surface area contributed by atoms with Gasteiger partial charge in [0.05, 0.1) is 13.2 Å². The number of hydrogen-bond donors (Lipinski definition) is 1. The summed E-state index contributed by atoms with van der Waals surface area (Å²) in [6, 6.07) is 15.9. The predicted molar refractivity (Wildman–Crippen MR) is 235 cm³/mol. The Morgan fingerprint density at radius 3 is 1.37 bits per heavy atom. The first-order valence-electron chi connectivity index (χ1n) is 18.8. The van der Waals surface area contributed by atoms with Crippen molar-refractivity contribution in [3.05, 3.63) is 76.3 Å². The van der Waals surface area contributed by atoms with Crippen LogP contribution >= 0.6 is 15.9 Å². The van der Waals surface area contributed by atoms with E-state index in [9.17, 15) is 19.2 Å². The molecule has 2 aliphatic heterocycles. The van der Waals surface area contributed by atoms with Gasteiger partial charge in [-0.1, -0.05) is 55.0 Å². The summed E-state index contributed by atoms with van der Waals surface area (Å²) in [4.78, 5) is 52.1. The lowest BCUT2D eigenvalue weighted by Crippen LogP contribution is -2.50. The zero-order valence-electron chi connectivity index (χ0n) is 34.3. The van der Waals surface area contributed by atoms with E-state index >= 15 is 0 Å². The molecule has 1 N–H and O–H groups in total. The number of benzene rings is 2. The maximum Gasteiger partial charge on any atom is 0.410 e. The number of anilines is 1. The maximum absolute atomic E-state index is 12.2. The molecule has 2 aromatic carbocycles. The summed E-state index contributed by atoms with van der Waals surface area (Å²) < 4.78 is 21.5. The normalized spacial score (nSPS) is 14.5. The molecule has 2 fully saturated rings. The van der Waals surface area contributed by atoms with Gasteiger partial charge in [-0.05, 0) is 116 Å². The lowest BCUT2D eigenvalue weighted by molar-refractivity contribution is -0.138. The summed E-state index contributed by atoms with van der Waals surface area (Å²) in [5.74, 6) is -0.615. The fraction of sp³-hybridized carbons (Fsp3) is 0.545. The molecule has 0 bridgehead atoms. The first-order chi connectivity index (χ1) is 25.8. The van der Waals surface area contributed by atoms with E-state index < -0.39 is 5.60 Å². The Labute approximate surface area is 351 Å². The smallest absolute Gasteiger partial charge is 0.410 e. The second kappa shape index (κ2) is 25.8. The number of carbonyl (C=O) groups is 4. The van der Waals surface area contributed by atoms with Crippen LogP contribution in [0.5, 0.6) is 0 Å². The molecule has 0 unspecified atom stereocenters. The Kier molecular flexibility index (Phi) is 23.8. The van der Waals surface area contributed by atoms with Crippen LogP contribution in [0.3, 0.4) is 0 Å². The predicted octanol–water partition coefficient (Wildman–Crippen LogP) is 9.22. The molecule has 0 atom stereocenters. The number of nitrogens with one attached hydrogen (secondary N) is 1. The van der Waals surface area contributed by atoms with Crippen LogP contribution in [-0.4, -0.2) is 111 Å². The van der Waals surface area contributed by atoms with Crippen molar-refractivity contribution in [1.82, 2.24) is 15.1 Å². The van der Waals surface area contributed by atoms with Crippen LogP contribution in [-0.2, 0) is 28.5 Å². The second-order valence-corrected chi connectivity index (χ2v) is 15.8. The van der Waals surface area contributed by atoms with Crippen molar-refractivity contribution in [3.8, 4) is 0 Å². The molecule has 2 aliphatic rings. The average Bonchev–Trinajstić information content (AvgIpc) is 3.12. The number of hydrogen-bond acceptors (Lipinski definition) is 10. The quantitative estimate of drug-likeness (QED) is 0.164. The number of rotatable bonds is 7. The summed E-state index contributed by atoms with van der Waals surface area (Å²) >= 11 is 3.36. The summed E-state index contributed by atoms with van der Waals surface area (Å²) in [5, 5.41) is 3.18. The van der Waals surface area contributed by atoms with Gasteiger partial charge in [-0.3, -0.25) is 0 Å². The minimum Gasteiger partial charge on any atom is -0.463 e. The van der Waals surface area contributed by atoms with Crippen molar-refractivity contribution < 1.29 is 38.1 Å². The van der Waals surface area contributed by atoms with Crippen LogP contribution in [0.2, 0.25) is 0 Å². The molecule has 2 aromatic rings. The van der Waals surface area contributed by atoms with Crippen molar-refractivity contribution in [3.63, 3.8) is 0 Å². The minimum absolute atomic E-state index is 0. The van der Waals surface area contributed by atoms with Crippen molar-refractivity contribution in [1.29, 1.82) is 0 Å². The topological polar surface area (TPSA) is 127 Å². The largest absolute Gasteiger partial charge is 0.463 e. The van der Waals surface area contributed by atoms with Gasteiger partial charge in [-0.25, -0.2) is 19.2 Å². The Balaban J connectivity index is 0.000000888. The van der Waals surface area contributed by atoms with Gasteiger partial charge in [-0.15, -0.1) is 0 Å². The molecule has 13 heteroatoms. The van der Waals surface area contributed by atoms with Gasteiger partial charge < -0.3 is 39.0 Å². The van der Waals surface area contributed by atoms with Crippen molar-refractivity contribution >= 4 is 56.9 Å². The SMILES string of the molecule is C.C.CC(C)(C)OC(=O)N1CCNCC1.CCOC(=O)/C=C(/C)c1ccc(Br)cc1.CCOC(=O)/C=C(/C)c1ccc(N2CCN(C(=O)OC(C)(C)C)CC2)cc1. The van der Waals surface area contributed by atoms with E-state index in [0.717, 1.165) is 71.7 Å². The zero-order chi connectivity index (χ0) is 41.2. The first-order valence-corrected chi connectivity index (χ1v) is 19.6. The highest BCUT2D eigenvalue weighted by Crippen LogP contribution is 2.22. The molecule has 2 saturated heterocycles. The Hall–Kier alpha value is -4.36. The third-order valence-electron chi connectivity index (χ3n) is 7.93. The van der Waals surface area contributed by atoms with E-state index in [1.807, 2.05) is 104 Å². The van der Waals surface area contributed by atoms with Gasteiger partial charge in [0.2, 0.25) is 0 Å². The molecule has 4 rings (SSSR count). The van der Waals surface area contributed by atoms with E-state index in [4.69, 9.17) is 18.9 Å². The van der Waals surface area contributed by atoms with Crippen LogP contribution < -0.4 is 10.2 Å². The van der Waals surface area contributed by atoms with Crippen LogP contribution in [0, 0.1) is 0 Å². The summed E-state index contributed by atoms with van der Waals surface area (Å²) in [7, 11) is 0. The Morgan fingerprint density at radius 1 is 0.632 bits per heavy atom. The molecular formula is C44H69BrN4O8. The highest BCUT2D eigenvalue weighted by atomic mass is 79.9. The number of ether oxygens (including phenoxy) is 4. The molecule has 0 aromatic heterocycles. The maximum atomic E-state index is 12.2. The van der Waals surface area contributed by atoms with Crippen LogP contribution in [0.1, 0.15) is 95.2 Å². The lowest BCUT2D eigenvalue weighted by Gasteiger charge is -2.36. The third kappa shape index (κ3) is 21.1. The standard InChI is InChI=1S/C21H30N2O4.C12H13BrO2.C9H18N2O2.2CH4/c1-6-26-19(24)15-16(2)17-7-9-18(10-8-17)22-11-13-23(14-12-22)20(25)27-21(3,4)5;1-3-15-12(14)8-9(2)10-4-6-11(13)7-5-10;1-9(2,3)13-8(12)11-6-4-10-5-7-11;;/h7-10,15H,6,11-14H2,1-5H3;4-8H,3H2,1-2H3;10H,4-7H2,1-3H3;2*1H4/b16-15-;9-8-;;;. The molecule has 320 valence electrons. The molecule has 0 aliphatic carbocycles. The van der Waals surface area contributed by atoms with Gasteiger partial charge in [0.1, 0.15) is 11.2 Å². The molecular weight excluding hydrogens is 792 g/mol. The van der Waals surface area contributed by atoms with E-state index in [1.165, 1.54) is 12.2 Å². The zero-order valence-corrected chi connectivity index (χ0v) is 35.9. The van der Waals surface area contributed by atoms with Crippen LogP contribution in [0.15, 0.2) is 65.2 Å². The van der Waals surface area contributed by atoms with E-state index in [2.05, 4.69) is 26.1 Å². The molecule has 0 spiro atoms. The van der Waals surface area contributed by atoms with Gasteiger partial charge in [0.15, 0.2) is 0 Å². The Morgan fingerprint density at radius 2 is 1.00 bits per heavy atom. The van der Waals surface area contributed by atoms with E-state index in [0.29, 0.717) is 26.3 Å². The second-order valence-electron chi connectivity index (χ2n) is 14.9. The van der Waals surface area contributed by atoms with Crippen molar-refractivity contribution in [2.24, 2.45) is 0 Å². The number of carbonyl (C=O) groups excluding carboxylic acids is 4. The molecule has 57 heavy (non-hydrogen) atoms. The fourth-order valence-electron chi connectivity index (χ4n) is 5.18. The van der Waals surface area contributed by atoms with E-state index in [-0.39, 0.29) is 44.6 Å². The highest BCUT2D eigenvalue weighted by molar-refractivity contribution is 9.10. The third-order valence-corrected chi connectivity index (χ3v) is 8.46. The molecule has 0 saturated carbocycles. The van der Waals surface area contributed by atoms with Crippen LogP contribution in [0.4, 0.5) is 15.3 Å². The molecule has 2 heterocycles. The number of esters is 2. The fourth-order valence-corrected chi connectivity index (χ4v) is 5.45. The van der Waals surface area contributed by atoms with Gasteiger partial charge in [0.25, 0.3) is 0 Å². The number of allylic oxidation sites excluding steroid dienone is 2. The van der Waals surface area contributed by atoms with Gasteiger partial charge in [0, 0.05) is 74.7 Å². The minimum atomic E-state index is -0.473. The van der Waals surface area contributed by atoms with E-state index in [1.54, 1.807) is 23.6 Å². The monoisotopic (exact) mass is 860 g/mol. The van der Waals surface area contributed by atoms with Crippen molar-refractivity contribution in [2.45, 2.75) is 95.3 Å². The summed E-state index contributed by atoms with van der Waals surface area (Å²) in [5.41, 5.74) is 4.02.